The molecule has 0 radical (unpaired) electrons. The van der Waals surface area contributed by atoms with Crippen molar-refractivity contribution in [1.82, 2.24) is 5.32 Å². The lowest BCUT2D eigenvalue weighted by molar-refractivity contribution is -0.359. The zero-order valence-corrected chi connectivity index (χ0v) is 50.7. The molecule has 1 amide bonds. The summed E-state index contributed by atoms with van der Waals surface area (Å²) < 4.78 is 22.8. The summed E-state index contributed by atoms with van der Waals surface area (Å²) in [6.45, 7) is 2.63. The topological polar surface area (TPSA) is 228 Å². The summed E-state index contributed by atoms with van der Waals surface area (Å²) in [6, 6.07) is -0.971. The molecule has 14 heteroatoms. The van der Waals surface area contributed by atoms with Gasteiger partial charge in [0.25, 0.3) is 0 Å². The van der Waals surface area contributed by atoms with Crippen LogP contribution in [0, 0.1) is 0 Å². The van der Waals surface area contributed by atoms with Crippen molar-refractivity contribution >= 4 is 5.91 Å². The van der Waals surface area contributed by atoms with Crippen LogP contribution < -0.4 is 5.32 Å². The van der Waals surface area contributed by atoms with Crippen LogP contribution in [0.5, 0.6) is 0 Å². The van der Waals surface area contributed by atoms with Crippen LogP contribution in [0.2, 0.25) is 0 Å². The normalized spacial score (nSPS) is 24.7. The van der Waals surface area contributed by atoms with Gasteiger partial charge in [-0.3, -0.25) is 4.79 Å². The Bertz CT molecular complexity index is 1790. The van der Waals surface area contributed by atoms with Gasteiger partial charge in [-0.15, -0.1) is 0 Å². The van der Waals surface area contributed by atoms with Crippen LogP contribution in [0.3, 0.4) is 0 Å². The molecule has 14 nitrogen and oxygen atoms in total. The lowest BCUT2D eigenvalue weighted by Gasteiger charge is -2.46. The highest BCUT2D eigenvalue weighted by Gasteiger charge is 2.51. The zero-order valence-electron chi connectivity index (χ0n) is 50.7. The van der Waals surface area contributed by atoms with Gasteiger partial charge in [0.15, 0.2) is 12.6 Å². The molecule has 2 aliphatic rings. The molecule has 82 heavy (non-hydrogen) atoms. The van der Waals surface area contributed by atoms with E-state index in [1.54, 1.807) is 6.08 Å². The molecular weight excluding hydrogens is 1040 g/mol. The molecule has 0 bridgehead atoms. The van der Waals surface area contributed by atoms with Gasteiger partial charge in [-0.25, -0.2) is 0 Å². The fraction of sp³-hybridized carbons (Fsp3) is 0.721. The van der Waals surface area contributed by atoms with E-state index in [1.165, 1.54) is 122 Å². The third-order valence-corrected chi connectivity index (χ3v) is 14.9. The molecule has 12 unspecified atom stereocenters. The maximum atomic E-state index is 13.3. The number of aliphatic hydroxyl groups is 8. The Morgan fingerprint density at radius 1 is 0.451 bits per heavy atom. The number of rotatable bonds is 50. The highest BCUT2D eigenvalue weighted by atomic mass is 16.7. The standard InChI is InChI=1S/C68H115NO13/c1-3-5-7-9-11-13-15-17-19-21-23-25-27-28-30-31-33-35-37-39-41-43-45-47-49-51-57(72)56(55-79-67-65(78)63(76)66(59(54-71)81-67)82-68-64(77)62(75)61(74)58(53-70)80-68)69-60(73)52-50-48-46-44-42-40-38-36-34-32-29-26-24-22-20-18-16-14-12-10-8-6-4-2/h6,8,12,14,18,20,24,26,32,34,38,40-41,43-44,46,49,51,56-59,61-68,70-72,74-78H,3-5,7,9-11,13,15-17,19,21-23,25,27-31,33,35-37,39,42,45,47-48,50,52-55H2,1-2H3,(H,69,73)/b8-6-,14-12-,20-18-,26-24-,34-32-,40-38-,43-41+,46-44-,51-49+. The lowest BCUT2D eigenvalue weighted by atomic mass is 9.97. The van der Waals surface area contributed by atoms with Crippen LogP contribution in [-0.2, 0) is 23.7 Å². The average molecular weight is 1150 g/mol. The minimum absolute atomic E-state index is 0.187. The number of hydrogen-bond donors (Lipinski definition) is 9. The molecule has 2 fully saturated rings. The van der Waals surface area contributed by atoms with E-state index in [0.29, 0.717) is 19.3 Å². The zero-order chi connectivity index (χ0) is 59.5. The van der Waals surface area contributed by atoms with Crippen LogP contribution in [0.1, 0.15) is 219 Å². The van der Waals surface area contributed by atoms with Gasteiger partial charge < -0.3 is 65.1 Å². The van der Waals surface area contributed by atoms with Crippen molar-refractivity contribution in [1.29, 1.82) is 0 Å². The summed E-state index contributed by atoms with van der Waals surface area (Å²) in [5.41, 5.74) is 0. The monoisotopic (exact) mass is 1150 g/mol. The van der Waals surface area contributed by atoms with Crippen molar-refractivity contribution in [3.8, 4) is 0 Å². The van der Waals surface area contributed by atoms with Crippen molar-refractivity contribution in [3.05, 3.63) is 109 Å². The predicted octanol–water partition coefficient (Wildman–Crippen LogP) is 12.0. The summed E-state index contributed by atoms with van der Waals surface area (Å²) in [5, 5.41) is 87.2. The second kappa shape index (κ2) is 52.0. The number of aliphatic hydroxyl groups excluding tert-OH is 8. The first-order valence-electron chi connectivity index (χ1n) is 32.1. The quantitative estimate of drug-likeness (QED) is 0.0204. The molecular formula is C68H115NO13. The maximum absolute atomic E-state index is 13.3. The third-order valence-electron chi connectivity index (χ3n) is 14.9. The second-order valence-corrected chi connectivity index (χ2v) is 22.1. The summed E-state index contributed by atoms with van der Waals surface area (Å²) >= 11 is 0. The Morgan fingerprint density at radius 3 is 1.34 bits per heavy atom. The molecule has 0 aliphatic carbocycles. The number of amides is 1. The first kappa shape index (κ1) is 74.7. The summed E-state index contributed by atoms with van der Waals surface area (Å²) in [5.74, 6) is -0.310. The van der Waals surface area contributed by atoms with E-state index in [9.17, 15) is 45.6 Å². The van der Waals surface area contributed by atoms with Gasteiger partial charge in [0.2, 0.25) is 5.91 Å². The number of hydrogen-bond acceptors (Lipinski definition) is 13. The maximum Gasteiger partial charge on any atom is 0.220 e. The molecule has 2 heterocycles. The van der Waals surface area contributed by atoms with Crippen molar-refractivity contribution in [2.24, 2.45) is 0 Å². The first-order chi connectivity index (χ1) is 40.1. The lowest BCUT2D eigenvalue weighted by Crippen LogP contribution is -2.65. The molecule has 0 aromatic heterocycles. The van der Waals surface area contributed by atoms with Crippen molar-refractivity contribution < 1.29 is 64.6 Å². The number of carbonyl (C=O) groups excluding carboxylic acids is 1. The molecule has 12 atom stereocenters. The highest BCUT2D eigenvalue weighted by molar-refractivity contribution is 5.76. The Kier molecular flexibility index (Phi) is 47.4. The van der Waals surface area contributed by atoms with Gasteiger partial charge in [-0.1, -0.05) is 239 Å². The van der Waals surface area contributed by atoms with Gasteiger partial charge in [0.05, 0.1) is 32.0 Å². The van der Waals surface area contributed by atoms with E-state index < -0.39 is 86.8 Å². The Balaban J connectivity index is 1.79. The fourth-order valence-electron chi connectivity index (χ4n) is 9.83. The predicted molar refractivity (Wildman–Crippen MR) is 332 cm³/mol. The second-order valence-electron chi connectivity index (χ2n) is 22.1. The summed E-state index contributed by atoms with van der Waals surface area (Å²) in [7, 11) is 0. The van der Waals surface area contributed by atoms with E-state index in [-0.39, 0.29) is 18.9 Å². The Hall–Kier alpha value is -3.35. The van der Waals surface area contributed by atoms with E-state index in [0.717, 1.165) is 57.8 Å². The van der Waals surface area contributed by atoms with Crippen LogP contribution in [0.25, 0.3) is 0 Å². The number of unbranched alkanes of at least 4 members (excludes halogenated alkanes) is 21. The van der Waals surface area contributed by atoms with E-state index in [2.05, 4.69) is 110 Å². The van der Waals surface area contributed by atoms with Gasteiger partial charge in [-0.2, -0.15) is 0 Å². The molecule has 0 aromatic carbocycles. The van der Waals surface area contributed by atoms with Crippen LogP contribution in [0.15, 0.2) is 109 Å². The Morgan fingerprint density at radius 2 is 0.854 bits per heavy atom. The molecule has 0 aromatic rings. The van der Waals surface area contributed by atoms with Gasteiger partial charge in [0, 0.05) is 6.42 Å². The van der Waals surface area contributed by atoms with Gasteiger partial charge >= 0.3 is 0 Å². The van der Waals surface area contributed by atoms with Crippen LogP contribution in [-0.4, -0.2) is 140 Å². The van der Waals surface area contributed by atoms with E-state index in [1.807, 2.05) is 12.2 Å². The average Bonchev–Trinajstić information content (AvgIpc) is 3.53. The highest BCUT2D eigenvalue weighted by Crippen LogP contribution is 2.30. The summed E-state index contributed by atoms with van der Waals surface area (Å²) in [6.07, 6.45) is 57.1. The first-order valence-corrected chi connectivity index (χ1v) is 32.1. The molecule has 2 rings (SSSR count). The van der Waals surface area contributed by atoms with Gasteiger partial charge in [-0.05, 0) is 83.5 Å². The van der Waals surface area contributed by atoms with Crippen molar-refractivity contribution in [2.75, 3.05) is 19.8 Å². The summed E-state index contributed by atoms with van der Waals surface area (Å²) in [4.78, 5) is 13.3. The van der Waals surface area contributed by atoms with Crippen LogP contribution in [0.4, 0.5) is 0 Å². The van der Waals surface area contributed by atoms with E-state index >= 15 is 0 Å². The molecule has 0 saturated carbocycles. The van der Waals surface area contributed by atoms with E-state index in [4.69, 9.17) is 18.9 Å². The molecule has 9 N–H and O–H groups in total. The smallest absolute Gasteiger partial charge is 0.220 e. The largest absolute Gasteiger partial charge is 0.394 e. The third kappa shape index (κ3) is 36.5. The number of allylic oxidation sites excluding steroid dienone is 17. The fourth-order valence-corrected chi connectivity index (χ4v) is 9.83. The minimum atomic E-state index is -1.80. The minimum Gasteiger partial charge on any atom is -0.394 e. The Labute approximate surface area is 495 Å². The molecule has 2 aliphatic heterocycles. The molecule has 0 spiro atoms. The molecule has 2 saturated heterocycles. The van der Waals surface area contributed by atoms with Crippen molar-refractivity contribution in [3.63, 3.8) is 0 Å². The van der Waals surface area contributed by atoms with Crippen LogP contribution >= 0.6 is 0 Å². The number of ether oxygens (including phenoxy) is 4. The van der Waals surface area contributed by atoms with Crippen molar-refractivity contribution in [2.45, 2.75) is 293 Å². The SMILES string of the molecule is CC/C=C\C/C=C\C/C=C\C/C=C\C/C=C\C/C=C\C/C=C\CCCC(=O)NC(COC1OC(CO)C(OC2OC(CO)C(O)C(O)C2O)C(O)C1O)C(O)/C=C/CC/C=C/CCCCCCCCCCCCCCCCCCCCC. The number of carbonyl (C=O) groups is 1. The molecule has 470 valence electrons. The van der Waals surface area contributed by atoms with Gasteiger partial charge in [0.1, 0.15) is 48.8 Å². The number of nitrogens with one attached hydrogen (secondary N) is 1.